The van der Waals surface area contributed by atoms with E-state index >= 15 is 0 Å². The van der Waals surface area contributed by atoms with Crippen molar-refractivity contribution in [2.75, 3.05) is 6.61 Å². The average Bonchev–Trinajstić information content (AvgIpc) is 3.02. The number of amides is 1. The molecule has 1 aromatic carbocycles. The molecular formula is C19H21FN4O2. The van der Waals surface area contributed by atoms with Gasteiger partial charge in [0.05, 0.1) is 17.1 Å². The molecule has 0 radical (unpaired) electrons. The number of halogens is 1. The molecule has 2 heterocycles. The van der Waals surface area contributed by atoms with Crippen molar-refractivity contribution in [3.63, 3.8) is 0 Å². The molecule has 0 bridgehead atoms. The van der Waals surface area contributed by atoms with Crippen LogP contribution >= 0.6 is 0 Å². The molecule has 0 unspecified atom stereocenters. The van der Waals surface area contributed by atoms with Crippen molar-refractivity contribution in [3.8, 4) is 0 Å². The van der Waals surface area contributed by atoms with Crippen LogP contribution in [0.3, 0.4) is 0 Å². The first-order valence-corrected chi connectivity index (χ1v) is 8.44. The zero-order valence-corrected chi connectivity index (χ0v) is 14.7. The highest BCUT2D eigenvalue weighted by molar-refractivity contribution is 5.77. The van der Waals surface area contributed by atoms with E-state index in [1.54, 1.807) is 18.5 Å². The summed E-state index contributed by atoms with van der Waals surface area (Å²) in [7, 11) is 0. The van der Waals surface area contributed by atoms with Gasteiger partial charge in [0.25, 0.3) is 0 Å². The highest BCUT2D eigenvalue weighted by Gasteiger charge is 2.18. The van der Waals surface area contributed by atoms with E-state index in [0.29, 0.717) is 16.9 Å². The van der Waals surface area contributed by atoms with E-state index in [-0.39, 0.29) is 36.9 Å². The lowest BCUT2D eigenvalue weighted by atomic mass is 9.97. The molecule has 26 heavy (non-hydrogen) atoms. The monoisotopic (exact) mass is 356 g/mol. The number of hydrogen-bond acceptors (Lipinski definition) is 4. The molecule has 0 saturated carbocycles. The SMILES string of the molecule is CC(C)[C@H](NC(=O)COCc1nc2ccc(F)cc2[nH]1)c1cccnc1. The van der Waals surface area contributed by atoms with Gasteiger partial charge in [0, 0.05) is 12.4 Å². The molecule has 3 aromatic rings. The summed E-state index contributed by atoms with van der Waals surface area (Å²) in [4.78, 5) is 23.6. The fourth-order valence-electron chi connectivity index (χ4n) is 2.75. The number of rotatable bonds is 7. The smallest absolute Gasteiger partial charge is 0.246 e. The van der Waals surface area contributed by atoms with Crippen molar-refractivity contribution in [3.05, 3.63) is 59.9 Å². The number of carbonyl (C=O) groups is 1. The summed E-state index contributed by atoms with van der Waals surface area (Å²) in [5.41, 5.74) is 2.21. The van der Waals surface area contributed by atoms with E-state index in [4.69, 9.17) is 4.74 Å². The van der Waals surface area contributed by atoms with Crippen LogP contribution in [0, 0.1) is 11.7 Å². The molecule has 7 heteroatoms. The molecule has 0 aliphatic heterocycles. The Hall–Kier alpha value is -2.80. The first-order valence-electron chi connectivity index (χ1n) is 8.44. The number of carbonyl (C=O) groups excluding carboxylic acids is 1. The predicted molar refractivity (Wildman–Crippen MR) is 95.7 cm³/mol. The van der Waals surface area contributed by atoms with E-state index in [1.165, 1.54) is 12.1 Å². The molecule has 3 rings (SSSR count). The lowest BCUT2D eigenvalue weighted by Crippen LogP contribution is -2.34. The van der Waals surface area contributed by atoms with Crippen LogP contribution in [0.5, 0.6) is 0 Å². The van der Waals surface area contributed by atoms with Gasteiger partial charge in [-0.25, -0.2) is 9.37 Å². The Bertz CT molecular complexity index is 880. The topological polar surface area (TPSA) is 79.9 Å². The zero-order chi connectivity index (χ0) is 18.5. The number of benzene rings is 1. The summed E-state index contributed by atoms with van der Waals surface area (Å²) in [5, 5.41) is 2.97. The fourth-order valence-corrected chi connectivity index (χ4v) is 2.75. The fraction of sp³-hybridized carbons (Fsp3) is 0.316. The van der Waals surface area contributed by atoms with Gasteiger partial charge in [-0.05, 0) is 35.7 Å². The predicted octanol–water partition coefficient (Wildman–Crippen LogP) is 3.13. The van der Waals surface area contributed by atoms with E-state index < -0.39 is 0 Å². The third kappa shape index (κ3) is 4.43. The molecule has 136 valence electrons. The van der Waals surface area contributed by atoms with Gasteiger partial charge in [0.15, 0.2) is 0 Å². The molecule has 0 fully saturated rings. The molecule has 1 atom stereocenters. The van der Waals surface area contributed by atoms with Crippen LogP contribution in [-0.2, 0) is 16.1 Å². The Balaban J connectivity index is 1.54. The molecule has 0 spiro atoms. The van der Waals surface area contributed by atoms with Crippen molar-refractivity contribution in [2.45, 2.75) is 26.5 Å². The number of fused-ring (bicyclic) bond motifs is 1. The number of aromatic amines is 1. The van der Waals surface area contributed by atoms with Crippen molar-refractivity contribution in [1.29, 1.82) is 0 Å². The number of nitrogens with one attached hydrogen (secondary N) is 2. The minimum atomic E-state index is -0.330. The van der Waals surface area contributed by atoms with Gasteiger partial charge < -0.3 is 15.0 Å². The van der Waals surface area contributed by atoms with Crippen LogP contribution in [0.25, 0.3) is 11.0 Å². The van der Waals surface area contributed by atoms with E-state index in [1.807, 2.05) is 26.0 Å². The Morgan fingerprint density at radius 2 is 2.19 bits per heavy atom. The van der Waals surface area contributed by atoms with Crippen molar-refractivity contribution < 1.29 is 13.9 Å². The van der Waals surface area contributed by atoms with E-state index in [2.05, 4.69) is 20.3 Å². The van der Waals surface area contributed by atoms with Crippen LogP contribution < -0.4 is 5.32 Å². The molecule has 0 aliphatic carbocycles. The Labute approximate surface area is 150 Å². The number of aromatic nitrogens is 3. The van der Waals surface area contributed by atoms with Crippen LogP contribution in [0.4, 0.5) is 4.39 Å². The number of ether oxygens (including phenoxy) is 1. The van der Waals surface area contributed by atoms with Crippen LogP contribution in [0.15, 0.2) is 42.7 Å². The third-order valence-electron chi connectivity index (χ3n) is 3.99. The van der Waals surface area contributed by atoms with Gasteiger partial charge in [0.2, 0.25) is 5.91 Å². The second-order valence-corrected chi connectivity index (χ2v) is 6.41. The van der Waals surface area contributed by atoms with Crippen LogP contribution in [0.1, 0.15) is 31.3 Å². The maximum atomic E-state index is 13.2. The number of nitrogens with zero attached hydrogens (tertiary/aromatic N) is 2. The summed E-state index contributed by atoms with van der Waals surface area (Å²) >= 11 is 0. The summed E-state index contributed by atoms with van der Waals surface area (Å²) in [6, 6.07) is 7.97. The highest BCUT2D eigenvalue weighted by atomic mass is 19.1. The van der Waals surface area contributed by atoms with Gasteiger partial charge in [-0.1, -0.05) is 19.9 Å². The minimum Gasteiger partial charge on any atom is -0.364 e. The lowest BCUT2D eigenvalue weighted by Gasteiger charge is -2.22. The Kier molecular flexibility index (Phi) is 5.58. The van der Waals surface area contributed by atoms with Gasteiger partial charge in [-0.3, -0.25) is 9.78 Å². The van der Waals surface area contributed by atoms with Crippen LogP contribution in [0.2, 0.25) is 0 Å². The molecule has 6 nitrogen and oxygen atoms in total. The van der Waals surface area contributed by atoms with Crippen molar-refractivity contribution in [2.24, 2.45) is 5.92 Å². The maximum Gasteiger partial charge on any atom is 0.246 e. The second-order valence-electron chi connectivity index (χ2n) is 6.41. The molecular weight excluding hydrogens is 335 g/mol. The lowest BCUT2D eigenvalue weighted by molar-refractivity contribution is -0.127. The van der Waals surface area contributed by atoms with E-state index in [0.717, 1.165) is 5.56 Å². The minimum absolute atomic E-state index is 0.0884. The quantitative estimate of drug-likeness (QED) is 0.682. The maximum absolute atomic E-state index is 13.2. The van der Waals surface area contributed by atoms with Gasteiger partial charge in [-0.15, -0.1) is 0 Å². The van der Waals surface area contributed by atoms with Gasteiger partial charge >= 0.3 is 0 Å². The summed E-state index contributed by atoms with van der Waals surface area (Å²) in [6.45, 7) is 4.12. The molecule has 0 saturated heterocycles. The number of imidazole rings is 1. The first-order chi connectivity index (χ1) is 12.5. The summed E-state index contributed by atoms with van der Waals surface area (Å²) in [6.07, 6.45) is 3.45. The standard InChI is InChI=1S/C19H21FN4O2/c1-12(2)19(13-4-3-7-21-9-13)24-18(25)11-26-10-17-22-15-6-5-14(20)8-16(15)23-17/h3-9,12,19H,10-11H2,1-2H3,(H,22,23)(H,24,25)/t19-/m0/s1. The van der Waals surface area contributed by atoms with E-state index in [9.17, 15) is 9.18 Å². The largest absolute Gasteiger partial charge is 0.364 e. The van der Waals surface area contributed by atoms with Gasteiger partial charge in [-0.2, -0.15) is 0 Å². The van der Waals surface area contributed by atoms with Crippen molar-refractivity contribution >= 4 is 16.9 Å². The second kappa shape index (κ2) is 8.05. The number of pyridine rings is 1. The molecule has 1 amide bonds. The normalized spacial score (nSPS) is 12.5. The average molecular weight is 356 g/mol. The van der Waals surface area contributed by atoms with Gasteiger partial charge in [0.1, 0.15) is 24.9 Å². The Morgan fingerprint density at radius 3 is 2.92 bits per heavy atom. The highest BCUT2D eigenvalue weighted by Crippen LogP contribution is 2.20. The first kappa shape index (κ1) is 18.0. The number of H-pyrrole nitrogens is 1. The molecule has 2 aromatic heterocycles. The van der Waals surface area contributed by atoms with Crippen LogP contribution in [-0.4, -0.2) is 27.5 Å². The third-order valence-corrected chi connectivity index (χ3v) is 3.99. The Morgan fingerprint density at radius 1 is 1.35 bits per heavy atom. The summed E-state index contributed by atoms with van der Waals surface area (Å²) in [5.74, 6) is 0.220. The number of hydrogen-bond donors (Lipinski definition) is 2. The summed E-state index contributed by atoms with van der Waals surface area (Å²) < 4.78 is 18.6. The zero-order valence-electron chi connectivity index (χ0n) is 14.7. The molecule has 2 N–H and O–H groups in total. The molecule has 0 aliphatic rings. The van der Waals surface area contributed by atoms with Crippen molar-refractivity contribution in [1.82, 2.24) is 20.3 Å².